The first-order valence-corrected chi connectivity index (χ1v) is 5.29. The van der Waals surface area contributed by atoms with Crippen molar-refractivity contribution in [1.82, 2.24) is 10.6 Å². The molecule has 1 saturated heterocycles. The molecule has 0 radical (unpaired) electrons. The third-order valence-corrected chi connectivity index (χ3v) is 3.40. The Bertz CT molecular complexity index is 243. The number of hydrogen-bond acceptors (Lipinski definition) is 3. The minimum atomic E-state index is -0.412. The zero-order valence-corrected chi connectivity index (χ0v) is 8.60. The van der Waals surface area contributed by atoms with Crippen LogP contribution in [0.5, 0.6) is 0 Å². The Morgan fingerprint density at radius 2 is 2.21 bits per heavy atom. The van der Waals surface area contributed by atoms with Gasteiger partial charge in [-0.3, -0.25) is 4.79 Å². The monoisotopic (exact) mass is 198 g/mol. The molecule has 0 spiro atoms. The van der Waals surface area contributed by atoms with Crippen molar-refractivity contribution in [1.29, 1.82) is 0 Å². The molecule has 0 aromatic heterocycles. The van der Waals surface area contributed by atoms with Crippen LogP contribution in [0.15, 0.2) is 0 Å². The highest BCUT2D eigenvalue weighted by Crippen LogP contribution is 2.35. The Balaban J connectivity index is 1.95. The van der Waals surface area contributed by atoms with Crippen LogP contribution in [0.1, 0.15) is 32.6 Å². The third-order valence-electron chi connectivity index (χ3n) is 3.40. The molecule has 0 aromatic carbocycles. The molecule has 1 heterocycles. The van der Waals surface area contributed by atoms with Gasteiger partial charge in [-0.05, 0) is 39.2 Å². The summed E-state index contributed by atoms with van der Waals surface area (Å²) < 4.78 is 0. The number of aliphatic hydroxyl groups excluding tert-OH is 1. The van der Waals surface area contributed by atoms with Crippen LogP contribution in [-0.4, -0.2) is 35.2 Å². The molecule has 0 bridgehead atoms. The summed E-state index contributed by atoms with van der Waals surface area (Å²) in [7, 11) is 0. The van der Waals surface area contributed by atoms with Gasteiger partial charge < -0.3 is 15.7 Å². The van der Waals surface area contributed by atoms with Gasteiger partial charge in [0.15, 0.2) is 0 Å². The van der Waals surface area contributed by atoms with E-state index in [1.165, 1.54) is 0 Å². The van der Waals surface area contributed by atoms with Crippen molar-refractivity contribution in [3.8, 4) is 0 Å². The van der Waals surface area contributed by atoms with E-state index in [2.05, 4.69) is 10.6 Å². The molecule has 1 aliphatic heterocycles. The average molecular weight is 198 g/mol. The number of carbonyl (C=O) groups excluding carboxylic acids is 1. The van der Waals surface area contributed by atoms with Crippen LogP contribution in [0, 0.1) is 0 Å². The molecule has 2 aliphatic rings. The molecule has 1 amide bonds. The van der Waals surface area contributed by atoms with Crippen LogP contribution in [0.25, 0.3) is 0 Å². The maximum Gasteiger partial charge on any atom is 0.240 e. The summed E-state index contributed by atoms with van der Waals surface area (Å²) in [5.41, 5.74) is -0.699. The Morgan fingerprint density at radius 3 is 2.64 bits per heavy atom. The van der Waals surface area contributed by atoms with E-state index in [0.29, 0.717) is 0 Å². The fourth-order valence-electron chi connectivity index (χ4n) is 1.94. The second-order valence-corrected chi connectivity index (χ2v) is 4.76. The first-order valence-electron chi connectivity index (χ1n) is 5.29. The van der Waals surface area contributed by atoms with E-state index < -0.39 is 5.54 Å². The van der Waals surface area contributed by atoms with Gasteiger partial charge in [-0.25, -0.2) is 0 Å². The summed E-state index contributed by atoms with van der Waals surface area (Å²) in [5.74, 6) is 0.0431. The van der Waals surface area contributed by atoms with Gasteiger partial charge in [0.2, 0.25) is 5.91 Å². The van der Waals surface area contributed by atoms with E-state index in [0.717, 1.165) is 32.2 Å². The summed E-state index contributed by atoms with van der Waals surface area (Å²) in [6.07, 6.45) is 3.76. The molecule has 2 rings (SSSR count). The van der Waals surface area contributed by atoms with Gasteiger partial charge in [0, 0.05) is 0 Å². The highest BCUT2D eigenvalue weighted by Gasteiger charge is 2.47. The second-order valence-electron chi connectivity index (χ2n) is 4.76. The van der Waals surface area contributed by atoms with Gasteiger partial charge in [0.05, 0.1) is 17.7 Å². The number of carbonyl (C=O) groups is 1. The Hall–Kier alpha value is -0.610. The molecule has 1 saturated carbocycles. The highest BCUT2D eigenvalue weighted by atomic mass is 16.3. The lowest BCUT2D eigenvalue weighted by Gasteiger charge is -2.26. The molecular weight excluding hydrogens is 180 g/mol. The molecule has 2 fully saturated rings. The lowest BCUT2D eigenvalue weighted by Crippen LogP contribution is -2.55. The molecule has 1 unspecified atom stereocenters. The maximum atomic E-state index is 11.9. The summed E-state index contributed by atoms with van der Waals surface area (Å²) in [6.45, 7) is 2.91. The predicted molar refractivity (Wildman–Crippen MR) is 52.8 cm³/mol. The van der Waals surface area contributed by atoms with Crippen molar-refractivity contribution in [2.24, 2.45) is 0 Å². The molecule has 0 aromatic rings. The Morgan fingerprint density at radius 1 is 1.50 bits per heavy atom. The van der Waals surface area contributed by atoms with E-state index in [4.69, 9.17) is 5.11 Å². The van der Waals surface area contributed by atoms with Crippen molar-refractivity contribution in [3.05, 3.63) is 0 Å². The zero-order chi connectivity index (χ0) is 10.2. The van der Waals surface area contributed by atoms with Crippen LogP contribution in [0.4, 0.5) is 0 Å². The molecular formula is C10H18N2O2. The van der Waals surface area contributed by atoms with Crippen LogP contribution in [-0.2, 0) is 4.79 Å². The van der Waals surface area contributed by atoms with Crippen LogP contribution >= 0.6 is 0 Å². The molecule has 80 valence electrons. The summed E-state index contributed by atoms with van der Waals surface area (Å²) in [4.78, 5) is 11.9. The van der Waals surface area contributed by atoms with E-state index >= 15 is 0 Å². The normalized spacial score (nSPS) is 34.1. The minimum Gasteiger partial charge on any atom is -0.394 e. The van der Waals surface area contributed by atoms with E-state index in [1.807, 2.05) is 6.92 Å². The molecule has 4 heteroatoms. The molecule has 14 heavy (non-hydrogen) atoms. The maximum absolute atomic E-state index is 11.9. The van der Waals surface area contributed by atoms with Crippen molar-refractivity contribution < 1.29 is 9.90 Å². The highest BCUT2D eigenvalue weighted by molar-refractivity contribution is 5.87. The van der Waals surface area contributed by atoms with E-state index in [9.17, 15) is 4.79 Å². The van der Waals surface area contributed by atoms with Gasteiger partial charge in [-0.2, -0.15) is 0 Å². The first kappa shape index (κ1) is 9.93. The van der Waals surface area contributed by atoms with Crippen molar-refractivity contribution >= 4 is 5.91 Å². The summed E-state index contributed by atoms with van der Waals surface area (Å²) in [5, 5.41) is 15.3. The topological polar surface area (TPSA) is 61.4 Å². The molecule has 1 aliphatic carbocycles. The Labute approximate surface area is 84.1 Å². The smallest absolute Gasteiger partial charge is 0.240 e. The van der Waals surface area contributed by atoms with Gasteiger partial charge in [-0.15, -0.1) is 0 Å². The molecule has 4 nitrogen and oxygen atoms in total. The molecule has 3 N–H and O–H groups in total. The molecule has 1 atom stereocenters. The minimum absolute atomic E-state index is 0.0431. The summed E-state index contributed by atoms with van der Waals surface area (Å²) in [6, 6.07) is 0. The number of aliphatic hydroxyl groups is 1. The van der Waals surface area contributed by atoms with Gasteiger partial charge in [0.25, 0.3) is 0 Å². The largest absolute Gasteiger partial charge is 0.394 e. The zero-order valence-electron chi connectivity index (χ0n) is 8.60. The van der Waals surface area contributed by atoms with Crippen LogP contribution < -0.4 is 10.6 Å². The van der Waals surface area contributed by atoms with Gasteiger partial charge >= 0.3 is 0 Å². The van der Waals surface area contributed by atoms with Crippen molar-refractivity contribution in [3.63, 3.8) is 0 Å². The fourth-order valence-corrected chi connectivity index (χ4v) is 1.94. The number of amides is 1. The number of nitrogens with one attached hydrogen (secondary N) is 2. The summed E-state index contributed by atoms with van der Waals surface area (Å²) >= 11 is 0. The number of rotatable bonds is 3. The van der Waals surface area contributed by atoms with E-state index in [-0.39, 0.29) is 18.1 Å². The SMILES string of the molecule is CC1(C(=O)NC2(CO)CC2)CCCN1. The van der Waals surface area contributed by atoms with Crippen molar-refractivity contribution in [2.45, 2.75) is 43.7 Å². The lowest BCUT2D eigenvalue weighted by molar-refractivity contribution is -0.127. The van der Waals surface area contributed by atoms with Crippen molar-refractivity contribution in [2.75, 3.05) is 13.2 Å². The Kier molecular flexibility index (Phi) is 2.27. The van der Waals surface area contributed by atoms with Gasteiger partial charge in [0.1, 0.15) is 0 Å². The first-order chi connectivity index (χ1) is 6.60. The second kappa shape index (κ2) is 3.21. The van der Waals surface area contributed by atoms with Crippen LogP contribution in [0.3, 0.4) is 0 Å². The lowest BCUT2D eigenvalue weighted by atomic mass is 9.98. The third kappa shape index (κ3) is 1.64. The average Bonchev–Trinajstić information content (AvgIpc) is 2.80. The van der Waals surface area contributed by atoms with Crippen LogP contribution in [0.2, 0.25) is 0 Å². The standard InChI is InChI=1S/C10H18N2O2/c1-9(3-2-6-11-9)8(14)12-10(7-13)4-5-10/h11,13H,2-7H2,1H3,(H,12,14). The number of hydrogen-bond donors (Lipinski definition) is 3. The quantitative estimate of drug-likeness (QED) is 0.587. The predicted octanol–water partition coefficient (Wildman–Crippen LogP) is -0.230. The van der Waals surface area contributed by atoms with E-state index in [1.54, 1.807) is 0 Å². The van der Waals surface area contributed by atoms with Gasteiger partial charge in [-0.1, -0.05) is 0 Å². The fraction of sp³-hybridized carbons (Fsp3) is 0.900.